The molecule has 0 bridgehead atoms. The maximum absolute atomic E-state index is 11.5. The Morgan fingerprint density at radius 2 is 1.40 bits per heavy atom. The average Bonchev–Trinajstić information content (AvgIpc) is 3.40. The highest BCUT2D eigenvalue weighted by Crippen LogP contribution is 2.45. The minimum atomic E-state index is -0.976. The van der Waals surface area contributed by atoms with Gasteiger partial charge in [-0.25, -0.2) is 4.68 Å². The minimum Gasteiger partial charge on any atom is -0.383 e. The summed E-state index contributed by atoms with van der Waals surface area (Å²) in [5, 5.41) is 16.4. The topological polar surface area (TPSA) is 56.5 Å². The van der Waals surface area contributed by atoms with Crippen LogP contribution < -0.4 is 0 Å². The van der Waals surface area contributed by atoms with E-state index in [0.717, 1.165) is 16.9 Å². The van der Waals surface area contributed by atoms with Gasteiger partial charge in [0.05, 0.1) is 30.3 Å². The van der Waals surface area contributed by atoms with Gasteiger partial charge in [0.1, 0.15) is 5.60 Å². The van der Waals surface area contributed by atoms with Crippen LogP contribution in [0.5, 0.6) is 0 Å². The lowest BCUT2D eigenvalue weighted by Crippen LogP contribution is -2.42. The summed E-state index contributed by atoms with van der Waals surface area (Å²) >= 11 is 0. The Balaban J connectivity index is 1.54. The molecule has 0 atom stereocenters. The summed E-state index contributed by atoms with van der Waals surface area (Å²) in [7, 11) is 0. The predicted octanol–water partition coefficient (Wildman–Crippen LogP) is 4.66. The normalized spacial score (nSPS) is 20.0. The second-order valence-corrected chi connectivity index (χ2v) is 8.67. The standard InChI is InChI=1S/C25H28N2O3/c1-18-3-7-20(8-4-18)22-17-23(26-27(22)21-9-5-19(2)6-10-21)24(28)11-13-25(14-12-24)29-15-16-30-25/h3-10,17,28H,11-16H2,1-2H3. The van der Waals surface area contributed by atoms with Crippen LogP contribution in [-0.4, -0.2) is 33.9 Å². The van der Waals surface area contributed by atoms with Crippen molar-refractivity contribution in [1.29, 1.82) is 0 Å². The van der Waals surface area contributed by atoms with Gasteiger partial charge in [-0.15, -0.1) is 0 Å². The minimum absolute atomic E-state index is 0.508. The molecule has 5 rings (SSSR count). The molecule has 5 heteroatoms. The number of aromatic nitrogens is 2. The third kappa shape index (κ3) is 3.47. The number of aliphatic hydroxyl groups is 1. The molecular formula is C25H28N2O3. The smallest absolute Gasteiger partial charge is 0.168 e. The van der Waals surface area contributed by atoms with E-state index < -0.39 is 11.4 Å². The SMILES string of the molecule is Cc1ccc(-c2cc(C3(O)CCC4(CC3)OCCO4)nn2-c2ccc(C)cc2)cc1. The molecule has 2 fully saturated rings. The molecule has 1 saturated heterocycles. The fraction of sp³-hybridized carbons (Fsp3) is 0.400. The lowest BCUT2D eigenvalue weighted by Gasteiger charge is -2.39. The van der Waals surface area contributed by atoms with Crippen LogP contribution in [-0.2, 0) is 15.1 Å². The van der Waals surface area contributed by atoms with Crippen molar-refractivity contribution in [2.45, 2.75) is 50.9 Å². The number of hydrogen-bond acceptors (Lipinski definition) is 4. The zero-order valence-electron chi connectivity index (χ0n) is 17.6. The van der Waals surface area contributed by atoms with Gasteiger partial charge in [-0.05, 0) is 44.9 Å². The van der Waals surface area contributed by atoms with Crippen molar-refractivity contribution in [3.63, 3.8) is 0 Å². The Bertz CT molecular complexity index is 958. The predicted molar refractivity (Wildman–Crippen MR) is 115 cm³/mol. The van der Waals surface area contributed by atoms with E-state index >= 15 is 0 Å². The zero-order chi connectivity index (χ0) is 20.8. The van der Waals surface area contributed by atoms with Crippen molar-refractivity contribution < 1.29 is 14.6 Å². The van der Waals surface area contributed by atoms with Crippen LogP contribution in [0.4, 0.5) is 0 Å². The highest BCUT2D eigenvalue weighted by Gasteiger charge is 2.47. The maximum Gasteiger partial charge on any atom is 0.168 e. The Morgan fingerprint density at radius 1 is 0.833 bits per heavy atom. The molecule has 30 heavy (non-hydrogen) atoms. The van der Waals surface area contributed by atoms with Crippen LogP contribution in [0, 0.1) is 13.8 Å². The molecule has 156 valence electrons. The number of hydrogen-bond donors (Lipinski definition) is 1. The van der Waals surface area contributed by atoms with Crippen LogP contribution in [0.15, 0.2) is 54.6 Å². The molecule has 2 aliphatic rings. The van der Waals surface area contributed by atoms with Gasteiger partial charge in [-0.3, -0.25) is 0 Å². The number of ether oxygens (including phenoxy) is 2. The van der Waals surface area contributed by atoms with E-state index in [4.69, 9.17) is 14.6 Å². The van der Waals surface area contributed by atoms with E-state index in [-0.39, 0.29) is 0 Å². The Labute approximate surface area is 177 Å². The van der Waals surface area contributed by atoms with Crippen molar-refractivity contribution in [1.82, 2.24) is 9.78 Å². The summed E-state index contributed by atoms with van der Waals surface area (Å²) in [5.74, 6) is -0.508. The first-order chi connectivity index (χ1) is 14.5. The molecule has 0 unspecified atom stereocenters. The summed E-state index contributed by atoms with van der Waals surface area (Å²) in [4.78, 5) is 0. The number of aryl methyl sites for hydroxylation is 2. The number of rotatable bonds is 3. The van der Waals surface area contributed by atoms with Crippen molar-refractivity contribution in [3.05, 3.63) is 71.4 Å². The lowest BCUT2D eigenvalue weighted by molar-refractivity contribution is -0.204. The van der Waals surface area contributed by atoms with Gasteiger partial charge < -0.3 is 14.6 Å². The molecule has 1 spiro atoms. The van der Waals surface area contributed by atoms with E-state index in [1.54, 1.807) is 0 Å². The van der Waals surface area contributed by atoms with E-state index in [1.165, 1.54) is 11.1 Å². The second-order valence-electron chi connectivity index (χ2n) is 8.67. The average molecular weight is 405 g/mol. The van der Waals surface area contributed by atoms with Crippen LogP contribution in [0.25, 0.3) is 16.9 Å². The molecule has 0 radical (unpaired) electrons. The number of nitrogens with zero attached hydrogens (tertiary/aromatic N) is 2. The molecule has 3 aromatic rings. The van der Waals surface area contributed by atoms with Gasteiger partial charge in [0.2, 0.25) is 0 Å². The second kappa shape index (κ2) is 7.34. The Morgan fingerprint density at radius 3 is 2.00 bits per heavy atom. The monoisotopic (exact) mass is 404 g/mol. The van der Waals surface area contributed by atoms with Crippen LogP contribution in [0.3, 0.4) is 0 Å². The maximum atomic E-state index is 11.5. The first-order valence-electron chi connectivity index (χ1n) is 10.7. The summed E-state index contributed by atoms with van der Waals surface area (Å²) in [5.41, 5.74) is 5.21. The van der Waals surface area contributed by atoms with Crippen molar-refractivity contribution in [2.75, 3.05) is 13.2 Å². The molecule has 1 aromatic heterocycles. The molecule has 1 saturated carbocycles. The molecular weight excluding hydrogens is 376 g/mol. The molecule has 1 aliphatic carbocycles. The first kappa shape index (κ1) is 19.5. The summed E-state index contributed by atoms with van der Waals surface area (Å²) in [6, 6.07) is 18.8. The molecule has 2 aromatic carbocycles. The molecule has 2 heterocycles. The molecule has 1 aliphatic heterocycles. The van der Waals surface area contributed by atoms with Crippen molar-refractivity contribution >= 4 is 0 Å². The Kier molecular flexibility index (Phi) is 4.77. The molecule has 5 nitrogen and oxygen atoms in total. The van der Waals surface area contributed by atoms with Crippen molar-refractivity contribution in [2.24, 2.45) is 0 Å². The zero-order valence-corrected chi connectivity index (χ0v) is 17.6. The lowest BCUT2D eigenvalue weighted by atomic mass is 9.79. The molecule has 0 amide bonds. The van der Waals surface area contributed by atoms with Crippen LogP contribution in [0.2, 0.25) is 0 Å². The number of benzene rings is 2. The van der Waals surface area contributed by atoms with Gasteiger partial charge in [0.15, 0.2) is 5.79 Å². The van der Waals surface area contributed by atoms with E-state index in [0.29, 0.717) is 44.6 Å². The van der Waals surface area contributed by atoms with Gasteiger partial charge >= 0.3 is 0 Å². The highest BCUT2D eigenvalue weighted by atomic mass is 16.7. The Hall–Kier alpha value is -2.47. The fourth-order valence-electron chi connectivity index (χ4n) is 4.51. The first-order valence-corrected chi connectivity index (χ1v) is 10.7. The van der Waals surface area contributed by atoms with E-state index in [1.807, 2.05) is 10.7 Å². The van der Waals surface area contributed by atoms with Crippen LogP contribution >= 0.6 is 0 Å². The van der Waals surface area contributed by atoms with Crippen LogP contribution in [0.1, 0.15) is 42.5 Å². The van der Waals surface area contributed by atoms with Crippen molar-refractivity contribution in [3.8, 4) is 16.9 Å². The van der Waals surface area contributed by atoms with Gasteiger partial charge in [-0.2, -0.15) is 5.10 Å². The third-order valence-electron chi connectivity index (χ3n) is 6.46. The van der Waals surface area contributed by atoms with E-state index in [9.17, 15) is 5.11 Å². The van der Waals surface area contributed by atoms with Gasteiger partial charge in [0, 0.05) is 18.4 Å². The van der Waals surface area contributed by atoms with Gasteiger partial charge in [-0.1, -0.05) is 47.5 Å². The van der Waals surface area contributed by atoms with E-state index in [2.05, 4.69) is 62.4 Å². The quantitative estimate of drug-likeness (QED) is 0.690. The van der Waals surface area contributed by atoms with Gasteiger partial charge in [0.25, 0.3) is 0 Å². The highest BCUT2D eigenvalue weighted by molar-refractivity contribution is 5.63. The summed E-state index contributed by atoms with van der Waals surface area (Å²) in [6.45, 7) is 5.43. The summed E-state index contributed by atoms with van der Waals surface area (Å²) < 4.78 is 13.6. The molecule has 1 N–H and O–H groups in total. The largest absolute Gasteiger partial charge is 0.383 e. The third-order valence-corrected chi connectivity index (χ3v) is 6.46. The summed E-state index contributed by atoms with van der Waals surface area (Å²) in [6.07, 6.45) is 2.51. The fourth-order valence-corrected chi connectivity index (χ4v) is 4.51.